The predicted octanol–water partition coefficient (Wildman–Crippen LogP) is 0.204. The molecule has 7 heteroatoms. The minimum absolute atomic E-state index is 0.273. The number of Topliss-reactive ketones (excluding diaryl/α,β-unsaturated/α-hetero) is 1. The van der Waals surface area contributed by atoms with Crippen molar-refractivity contribution >= 4 is 11.6 Å². The van der Waals surface area contributed by atoms with Crippen molar-refractivity contribution in [2.24, 2.45) is 0 Å². The van der Waals surface area contributed by atoms with Gasteiger partial charge in [0.1, 0.15) is 11.4 Å². The molecule has 20 heavy (non-hydrogen) atoms. The van der Waals surface area contributed by atoms with Gasteiger partial charge in [-0.25, -0.2) is 9.36 Å². The summed E-state index contributed by atoms with van der Waals surface area (Å²) in [5, 5.41) is 8.53. The monoisotopic (exact) mass is 270 g/mol. The van der Waals surface area contributed by atoms with Crippen molar-refractivity contribution in [1.29, 1.82) is 5.26 Å². The summed E-state index contributed by atoms with van der Waals surface area (Å²) in [5.41, 5.74) is 4.16. The summed E-state index contributed by atoms with van der Waals surface area (Å²) < 4.78 is 1.02. The van der Waals surface area contributed by atoms with E-state index in [9.17, 15) is 14.4 Å². The SMILES string of the molecule is N#CCC(=O)c1c(N)n(-c2ccccc2)c(=O)[nH]c1=O. The van der Waals surface area contributed by atoms with Gasteiger partial charge in [-0.1, -0.05) is 18.2 Å². The van der Waals surface area contributed by atoms with E-state index in [4.69, 9.17) is 11.0 Å². The van der Waals surface area contributed by atoms with E-state index in [1.54, 1.807) is 36.4 Å². The average Bonchev–Trinajstić information content (AvgIpc) is 2.39. The maximum absolute atomic E-state index is 11.8. The Balaban J connectivity index is 2.76. The summed E-state index contributed by atoms with van der Waals surface area (Å²) >= 11 is 0. The number of para-hydroxylation sites is 1. The first kappa shape index (κ1) is 13.3. The summed E-state index contributed by atoms with van der Waals surface area (Å²) in [6.45, 7) is 0. The molecular weight excluding hydrogens is 260 g/mol. The second-order valence-corrected chi connectivity index (χ2v) is 3.95. The smallest absolute Gasteiger partial charge is 0.334 e. The Morgan fingerprint density at radius 3 is 2.55 bits per heavy atom. The quantitative estimate of drug-likeness (QED) is 0.772. The van der Waals surface area contributed by atoms with E-state index in [1.807, 2.05) is 4.98 Å². The van der Waals surface area contributed by atoms with Crippen molar-refractivity contribution in [3.63, 3.8) is 0 Å². The molecule has 1 aromatic carbocycles. The lowest BCUT2D eigenvalue weighted by atomic mass is 10.1. The number of carbonyl (C=O) groups excluding carboxylic acids is 1. The van der Waals surface area contributed by atoms with Crippen molar-refractivity contribution in [2.45, 2.75) is 6.42 Å². The maximum atomic E-state index is 11.8. The van der Waals surface area contributed by atoms with Crippen molar-refractivity contribution < 1.29 is 4.79 Å². The molecule has 1 aromatic heterocycles. The van der Waals surface area contributed by atoms with Gasteiger partial charge in [0, 0.05) is 0 Å². The summed E-state index contributed by atoms with van der Waals surface area (Å²) in [4.78, 5) is 37.3. The van der Waals surface area contributed by atoms with Crippen LogP contribution in [-0.2, 0) is 0 Å². The standard InChI is InChI=1S/C13H10N4O3/c14-7-6-9(18)10-11(15)17(13(20)16-12(10)19)8-4-2-1-3-5-8/h1-5H,6,15H2,(H,16,19,20). The number of nitrogens with two attached hydrogens (primary N) is 1. The Hall–Kier alpha value is -3.14. The van der Waals surface area contributed by atoms with E-state index >= 15 is 0 Å². The Labute approximate surface area is 112 Å². The molecule has 0 radical (unpaired) electrons. The molecule has 0 aliphatic rings. The van der Waals surface area contributed by atoms with E-state index in [-0.39, 0.29) is 11.4 Å². The highest BCUT2D eigenvalue weighted by atomic mass is 16.2. The molecule has 0 aliphatic carbocycles. The maximum Gasteiger partial charge on any atom is 0.334 e. The third-order valence-corrected chi connectivity index (χ3v) is 2.68. The zero-order valence-corrected chi connectivity index (χ0v) is 10.3. The lowest BCUT2D eigenvalue weighted by Crippen LogP contribution is -2.35. The number of nitrogen functional groups attached to an aromatic ring is 1. The number of benzene rings is 1. The molecule has 3 N–H and O–H groups in total. The number of anilines is 1. The van der Waals surface area contributed by atoms with Crippen LogP contribution in [0, 0.1) is 11.3 Å². The number of nitriles is 1. The number of hydrogen-bond donors (Lipinski definition) is 2. The van der Waals surface area contributed by atoms with Crippen LogP contribution in [0.5, 0.6) is 0 Å². The van der Waals surface area contributed by atoms with Crippen molar-refractivity contribution in [1.82, 2.24) is 9.55 Å². The zero-order chi connectivity index (χ0) is 14.7. The van der Waals surface area contributed by atoms with E-state index in [0.717, 1.165) is 4.57 Å². The first-order valence-corrected chi connectivity index (χ1v) is 5.66. The number of hydrogen-bond acceptors (Lipinski definition) is 5. The molecule has 2 rings (SSSR count). The van der Waals surface area contributed by atoms with Crippen LogP contribution in [-0.4, -0.2) is 15.3 Å². The van der Waals surface area contributed by atoms with Crippen LogP contribution < -0.4 is 17.0 Å². The molecule has 0 unspecified atom stereocenters. The molecule has 1 heterocycles. The Morgan fingerprint density at radius 2 is 1.95 bits per heavy atom. The minimum atomic E-state index is -0.889. The Morgan fingerprint density at radius 1 is 1.30 bits per heavy atom. The molecule has 0 aliphatic heterocycles. The number of H-pyrrole nitrogens is 1. The number of rotatable bonds is 3. The van der Waals surface area contributed by atoms with Gasteiger partial charge >= 0.3 is 5.69 Å². The second-order valence-electron chi connectivity index (χ2n) is 3.95. The van der Waals surface area contributed by atoms with E-state index in [1.165, 1.54) is 0 Å². The molecule has 2 aromatic rings. The molecular formula is C13H10N4O3. The summed E-state index contributed by atoms with van der Waals surface area (Å²) in [7, 11) is 0. The third kappa shape index (κ3) is 2.22. The van der Waals surface area contributed by atoms with Gasteiger partial charge in [0.05, 0.1) is 18.2 Å². The fourth-order valence-electron chi connectivity index (χ4n) is 1.82. The zero-order valence-electron chi connectivity index (χ0n) is 10.3. The van der Waals surface area contributed by atoms with Gasteiger partial charge in [-0.15, -0.1) is 0 Å². The van der Waals surface area contributed by atoms with E-state index < -0.39 is 23.5 Å². The van der Waals surface area contributed by atoms with Crippen LogP contribution in [0.4, 0.5) is 5.82 Å². The van der Waals surface area contributed by atoms with Gasteiger partial charge in [-0.3, -0.25) is 14.6 Å². The Kier molecular flexibility index (Phi) is 3.48. The number of aromatic amines is 1. The second kappa shape index (κ2) is 5.24. The molecule has 0 atom stereocenters. The van der Waals surface area contributed by atoms with E-state index in [0.29, 0.717) is 5.69 Å². The van der Waals surface area contributed by atoms with Gasteiger partial charge < -0.3 is 5.73 Å². The molecule has 0 saturated carbocycles. The van der Waals surface area contributed by atoms with Crippen molar-refractivity contribution in [3.8, 4) is 11.8 Å². The van der Waals surface area contributed by atoms with Gasteiger partial charge in [0.25, 0.3) is 5.56 Å². The lowest BCUT2D eigenvalue weighted by molar-refractivity contribution is 0.0996. The topological polar surface area (TPSA) is 122 Å². The van der Waals surface area contributed by atoms with Gasteiger partial charge in [0.15, 0.2) is 5.78 Å². The largest absolute Gasteiger partial charge is 0.384 e. The lowest BCUT2D eigenvalue weighted by Gasteiger charge is -2.11. The average molecular weight is 270 g/mol. The van der Waals surface area contributed by atoms with Crippen molar-refractivity contribution in [3.05, 3.63) is 56.7 Å². The Bertz CT molecular complexity index is 812. The number of nitrogens with zero attached hydrogens (tertiary/aromatic N) is 2. The fraction of sp³-hybridized carbons (Fsp3) is 0.0769. The van der Waals surface area contributed by atoms with Crippen LogP contribution in [0.3, 0.4) is 0 Å². The number of ketones is 1. The predicted molar refractivity (Wildman–Crippen MR) is 71.6 cm³/mol. The molecule has 0 saturated heterocycles. The molecule has 7 nitrogen and oxygen atoms in total. The number of aromatic nitrogens is 2. The molecule has 0 fully saturated rings. The van der Waals surface area contributed by atoms with Crippen LogP contribution >= 0.6 is 0 Å². The molecule has 0 spiro atoms. The molecule has 0 bridgehead atoms. The summed E-state index contributed by atoms with van der Waals surface area (Å²) in [6.07, 6.45) is -0.486. The first-order chi connectivity index (χ1) is 9.56. The minimum Gasteiger partial charge on any atom is -0.384 e. The van der Waals surface area contributed by atoms with Crippen LogP contribution in [0.15, 0.2) is 39.9 Å². The van der Waals surface area contributed by atoms with Crippen LogP contribution in [0.1, 0.15) is 16.8 Å². The van der Waals surface area contributed by atoms with Crippen molar-refractivity contribution in [2.75, 3.05) is 5.73 Å². The fourth-order valence-corrected chi connectivity index (χ4v) is 1.82. The van der Waals surface area contributed by atoms with Crippen LogP contribution in [0.2, 0.25) is 0 Å². The highest BCUT2D eigenvalue weighted by Crippen LogP contribution is 2.12. The number of nitrogens with one attached hydrogen (secondary N) is 1. The summed E-state index contributed by atoms with van der Waals surface area (Å²) in [6, 6.07) is 9.98. The normalized spacial score (nSPS) is 9.95. The summed E-state index contributed by atoms with van der Waals surface area (Å²) in [5.74, 6) is -0.999. The highest BCUT2D eigenvalue weighted by Gasteiger charge is 2.19. The van der Waals surface area contributed by atoms with Gasteiger partial charge in [-0.2, -0.15) is 5.26 Å². The van der Waals surface area contributed by atoms with Crippen LogP contribution in [0.25, 0.3) is 5.69 Å². The molecule has 0 amide bonds. The first-order valence-electron chi connectivity index (χ1n) is 5.66. The third-order valence-electron chi connectivity index (χ3n) is 2.68. The van der Waals surface area contributed by atoms with Gasteiger partial charge in [0.2, 0.25) is 0 Å². The molecule has 100 valence electrons. The van der Waals surface area contributed by atoms with E-state index in [2.05, 4.69) is 0 Å². The number of carbonyl (C=O) groups is 1. The van der Waals surface area contributed by atoms with Gasteiger partial charge in [-0.05, 0) is 12.1 Å². The highest BCUT2D eigenvalue weighted by molar-refractivity contribution is 6.00.